The minimum absolute atomic E-state index is 0. The molecule has 112 heavy (non-hydrogen) atoms. The van der Waals surface area contributed by atoms with Crippen molar-refractivity contribution in [2.45, 2.75) is 113 Å². The van der Waals surface area contributed by atoms with E-state index in [-0.39, 0.29) is 76.5 Å². The summed E-state index contributed by atoms with van der Waals surface area (Å²) in [5.74, 6) is 0.172. The van der Waals surface area contributed by atoms with E-state index in [2.05, 4.69) is 41.5 Å². The highest BCUT2D eigenvalue weighted by Gasteiger charge is 2.29. The SMILES string of the molecule is C.C.C.C.CC(C)(C)C(=O)c1cc(-c2ccc(NC(=O)c3ccc(N)cc3)cc2)c[nH]1.CC(C)(C)C(=O)c1ccc(-c2ccc(NC(=O)c3ccc(N)cc3)cc2)[nH]1.CC(C)(C)C(=O)c1ccc(-c2ccc(NC(=O)c3ccc(N)cc3)cc2)o1.CC(C)(C)C(=O)c1cn(-c2ccc(NC(=O)c3ccc(N)cc3)cc2)nn1. The Kier molecular flexibility index (Phi) is 30.3. The average Bonchev–Trinajstić information content (AvgIpc) is 1.71. The van der Waals surface area contributed by atoms with Gasteiger partial charge in [-0.15, -0.1) is 5.10 Å². The number of nitrogens with two attached hydrogens (primary N) is 4. The normalized spacial score (nSPS) is 10.8. The fourth-order valence-corrected chi connectivity index (χ4v) is 10.3. The molecular weight excluding hydrogens is 1410 g/mol. The van der Waals surface area contributed by atoms with Gasteiger partial charge in [0, 0.05) is 107 Å². The zero-order valence-electron chi connectivity index (χ0n) is 62.3. The van der Waals surface area contributed by atoms with Crippen LogP contribution in [0, 0.1) is 21.7 Å². The zero-order chi connectivity index (χ0) is 78.4. The highest BCUT2D eigenvalue weighted by molar-refractivity contribution is 6.07. The number of hydrogen-bond acceptors (Lipinski definition) is 15. The summed E-state index contributed by atoms with van der Waals surface area (Å²) >= 11 is 0. The van der Waals surface area contributed by atoms with Crippen LogP contribution in [0.5, 0.6) is 0 Å². The number of furan rings is 1. The van der Waals surface area contributed by atoms with E-state index in [9.17, 15) is 38.4 Å². The standard InChI is InChI=1S/2C22H23N3O2.C22H22N2O3.C20H21N5O2.4CH4/c1-22(2,3)20(26)19-12-16(13-24-19)14-6-10-18(11-7-14)25-21(27)15-4-8-17(23)9-5-15;1-22(2,3)20(26)19-13-12-18(25-19)14-6-10-17(11-7-14)24-21(27)15-4-8-16(23)9-5-15;1-22(2,3)20(25)19-13-12-18(27-19)14-6-10-17(11-7-14)24-21(26)15-4-8-16(23)9-5-15;1-20(2,3)18(26)17-12-25(24-23-17)16-10-8-15(9-11-16)22-19(27)13-4-6-14(21)7-5-13;;;;/h4-13,24H,23H2,1-3H3,(H,25,27);4-13,25H,23H2,1-3H3,(H,24,27);4-13H,23H2,1-3H3,(H,24,26);4-12H,21H2,1-3H3,(H,22,27);4*1H4. The second kappa shape index (κ2) is 38.0. The second-order valence-corrected chi connectivity index (χ2v) is 29.7. The number of H-pyrrole nitrogens is 2. The number of anilines is 8. The van der Waals surface area contributed by atoms with Crippen LogP contribution in [-0.4, -0.2) is 71.7 Å². The van der Waals surface area contributed by atoms with Gasteiger partial charge in [-0.3, -0.25) is 38.4 Å². The van der Waals surface area contributed by atoms with Gasteiger partial charge in [0.25, 0.3) is 23.6 Å². The number of amides is 4. The summed E-state index contributed by atoms with van der Waals surface area (Å²) in [6, 6.07) is 65.3. The van der Waals surface area contributed by atoms with Gasteiger partial charge in [-0.25, -0.2) is 4.68 Å². The Balaban J connectivity index is 0.000000264. The van der Waals surface area contributed by atoms with E-state index in [4.69, 9.17) is 27.4 Å². The monoisotopic (exact) mass is 1510 g/mol. The first-order valence-electron chi connectivity index (χ1n) is 34.6. The van der Waals surface area contributed by atoms with Crippen molar-refractivity contribution in [3.63, 3.8) is 0 Å². The van der Waals surface area contributed by atoms with Crippen LogP contribution in [0.4, 0.5) is 45.5 Å². The second-order valence-electron chi connectivity index (χ2n) is 29.7. The molecule has 0 fully saturated rings. The van der Waals surface area contributed by atoms with Gasteiger partial charge in [-0.05, 0) is 217 Å². The summed E-state index contributed by atoms with van der Waals surface area (Å²) in [6.07, 6.45) is 3.43. The molecule has 12 rings (SSSR count). The molecule has 0 saturated carbocycles. The van der Waals surface area contributed by atoms with E-state index in [1.54, 1.807) is 158 Å². The third kappa shape index (κ3) is 24.3. The van der Waals surface area contributed by atoms with Crippen LogP contribution >= 0.6 is 0 Å². The first kappa shape index (κ1) is 89.1. The molecule has 0 radical (unpaired) electrons. The third-order valence-corrected chi connectivity index (χ3v) is 16.6. The Morgan fingerprint density at radius 3 is 1.06 bits per heavy atom. The molecule has 4 amide bonds. The minimum atomic E-state index is -0.517. The van der Waals surface area contributed by atoms with Crippen molar-refractivity contribution in [2.24, 2.45) is 21.7 Å². The lowest BCUT2D eigenvalue weighted by Gasteiger charge is -2.15. The van der Waals surface area contributed by atoms with Crippen LogP contribution in [-0.2, 0) is 0 Å². The molecule has 0 aliphatic carbocycles. The molecule has 0 unspecified atom stereocenters. The smallest absolute Gasteiger partial charge is 0.255 e. The quantitative estimate of drug-likeness (QED) is 0.0317. The number of Topliss-reactive ketones (excluding diaryl/α,β-unsaturated/α-hetero) is 4. The average molecular weight is 1510 g/mol. The van der Waals surface area contributed by atoms with E-state index in [1.807, 2.05) is 162 Å². The maximum atomic E-state index is 12.4. The van der Waals surface area contributed by atoms with E-state index in [0.717, 1.165) is 33.6 Å². The van der Waals surface area contributed by atoms with Gasteiger partial charge in [-0.2, -0.15) is 0 Å². The summed E-state index contributed by atoms with van der Waals surface area (Å²) in [6.45, 7) is 22.5. The Labute approximate surface area is 656 Å². The fraction of sp³-hybridized carbons (Fsp3) is 0.222. The van der Waals surface area contributed by atoms with Gasteiger partial charge >= 0.3 is 0 Å². The van der Waals surface area contributed by atoms with Crippen molar-refractivity contribution in [3.05, 3.63) is 282 Å². The lowest BCUT2D eigenvalue weighted by molar-refractivity contribution is 0.0827. The molecule has 4 heterocycles. The summed E-state index contributed by atoms with van der Waals surface area (Å²) in [7, 11) is 0. The van der Waals surface area contributed by atoms with Crippen molar-refractivity contribution in [3.8, 4) is 39.4 Å². The topological polar surface area (TPSA) is 364 Å². The maximum absolute atomic E-state index is 12.4. The van der Waals surface area contributed by atoms with Gasteiger partial charge in [0.2, 0.25) is 5.78 Å². The van der Waals surface area contributed by atoms with Crippen molar-refractivity contribution in [1.82, 2.24) is 25.0 Å². The largest absolute Gasteiger partial charge is 0.453 e. The summed E-state index contributed by atoms with van der Waals surface area (Å²) in [5.41, 5.74) is 34.7. The predicted molar refractivity (Wildman–Crippen MR) is 455 cm³/mol. The van der Waals surface area contributed by atoms with Crippen LogP contribution in [0.3, 0.4) is 0 Å². The van der Waals surface area contributed by atoms with E-state index in [1.165, 1.54) is 4.68 Å². The van der Waals surface area contributed by atoms with Gasteiger partial charge in [0.1, 0.15) is 11.5 Å². The van der Waals surface area contributed by atoms with Crippen molar-refractivity contribution < 1.29 is 42.8 Å². The van der Waals surface area contributed by atoms with Crippen molar-refractivity contribution in [1.29, 1.82) is 0 Å². The van der Waals surface area contributed by atoms with Gasteiger partial charge in [-0.1, -0.05) is 142 Å². The van der Waals surface area contributed by atoms with Crippen molar-refractivity contribution in [2.75, 3.05) is 44.2 Å². The Morgan fingerprint density at radius 1 is 0.357 bits per heavy atom. The molecule has 8 aromatic carbocycles. The Bertz CT molecular complexity index is 4510. The fourth-order valence-electron chi connectivity index (χ4n) is 10.3. The van der Waals surface area contributed by atoms with Gasteiger partial charge in [0.15, 0.2) is 23.1 Å². The molecular formula is C90H105N13O9. The number of carbonyl (C=O) groups is 8. The number of carbonyl (C=O) groups excluding carboxylic acids is 8. The molecule has 0 atom stereocenters. The minimum Gasteiger partial charge on any atom is -0.453 e. The third-order valence-electron chi connectivity index (χ3n) is 16.6. The number of nitrogen functional groups attached to an aromatic ring is 4. The molecule has 0 bridgehead atoms. The highest BCUT2D eigenvalue weighted by Crippen LogP contribution is 2.31. The zero-order valence-corrected chi connectivity index (χ0v) is 62.3. The molecule has 584 valence electrons. The highest BCUT2D eigenvalue weighted by atomic mass is 16.3. The molecule has 0 aliphatic rings. The number of nitrogens with zero attached hydrogens (tertiary/aromatic N) is 3. The van der Waals surface area contributed by atoms with Crippen LogP contribution in [0.2, 0.25) is 0 Å². The van der Waals surface area contributed by atoms with Crippen molar-refractivity contribution >= 4 is 92.3 Å². The van der Waals surface area contributed by atoms with Crippen LogP contribution in [0.25, 0.3) is 39.4 Å². The number of hydrogen-bond donors (Lipinski definition) is 10. The first-order valence-corrected chi connectivity index (χ1v) is 34.6. The maximum Gasteiger partial charge on any atom is 0.255 e. The number of rotatable bonds is 16. The molecule has 22 heteroatoms. The van der Waals surface area contributed by atoms with Crippen LogP contribution in [0.15, 0.2) is 241 Å². The summed E-state index contributed by atoms with van der Waals surface area (Å²) < 4.78 is 7.24. The lowest BCUT2D eigenvalue weighted by Crippen LogP contribution is -2.20. The Hall–Kier alpha value is -13.5. The van der Waals surface area contributed by atoms with Gasteiger partial charge in [0.05, 0.1) is 23.3 Å². The summed E-state index contributed by atoms with van der Waals surface area (Å²) in [5, 5.41) is 19.3. The first-order chi connectivity index (χ1) is 50.9. The predicted octanol–water partition coefficient (Wildman–Crippen LogP) is 20.4. The van der Waals surface area contributed by atoms with E-state index < -0.39 is 21.7 Å². The van der Waals surface area contributed by atoms with Crippen LogP contribution in [0.1, 0.15) is 196 Å². The molecule has 0 aliphatic heterocycles. The molecule has 0 spiro atoms. The number of aromatic nitrogens is 5. The number of nitrogens with one attached hydrogen (secondary N) is 6. The number of benzene rings is 8. The van der Waals surface area contributed by atoms with E-state index >= 15 is 0 Å². The summed E-state index contributed by atoms with van der Waals surface area (Å²) in [4.78, 5) is 105. The molecule has 14 N–H and O–H groups in total. The molecule has 22 nitrogen and oxygen atoms in total. The number of ketones is 4. The van der Waals surface area contributed by atoms with Crippen LogP contribution < -0.4 is 44.2 Å². The Morgan fingerprint density at radius 2 is 0.696 bits per heavy atom. The van der Waals surface area contributed by atoms with E-state index in [0.29, 0.717) is 96.4 Å². The molecule has 4 aromatic heterocycles. The van der Waals surface area contributed by atoms with Gasteiger partial charge < -0.3 is 58.6 Å². The number of aromatic amines is 2. The lowest BCUT2D eigenvalue weighted by atomic mass is 9.89. The molecule has 0 saturated heterocycles. The molecule has 12 aromatic rings.